The molecule has 1 fully saturated rings. The van der Waals surface area contributed by atoms with Gasteiger partial charge in [0.05, 0.1) is 0 Å². The molecule has 152 valence electrons. The lowest BCUT2D eigenvalue weighted by atomic mass is 9.93. The molecule has 9 heteroatoms. The van der Waals surface area contributed by atoms with Crippen molar-refractivity contribution < 1.29 is 29.0 Å². The molecule has 0 radical (unpaired) electrons. The molecule has 2 atom stereocenters. The highest BCUT2D eigenvalue weighted by Gasteiger charge is 2.58. The first-order chi connectivity index (χ1) is 13.1. The van der Waals surface area contributed by atoms with Gasteiger partial charge < -0.3 is 25.2 Å². The van der Waals surface area contributed by atoms with E-state index in [0.29, 0.717) is 24.1 Å². The summed E-state index contributed by atoms with van der Waals surface area (Å²) in [5.41, 5.74) is 0.194. The lowest BCUT2D eigenvalue weighted by Gasteiger charge is -2.28. The summed E-state index contributed by atoms with van der Waals surface area (Å²) in [6.45, 7) is 4.78. The van der Waals surface area contributed by atoms with Crippen molar-refractivity contribution in [3.8, 4) is 0 Å². The van der Waals surface area contributed by atoms with Gasteiger partial charge in [0.15, 0.2) is 11.8 Å². The summed E-state index contributed by atoms with van der Waals surface area (Å²) in [7, 11) is 1.52. The lowest BCUT2D eigenvalue weighted by molar-refractivity contribution is -0.158. The summed E-state index contributed by atoms with van der Waals surface area (Å²) >= 11 is 0. The Bertz CT molecular complexity index is 818. The Balaban J connectivity index is 1.80. The van der Waals surface area contributed by atoms with E-state index in [0.717, 1.165) is 10.5 Å². The zero-order valence-electron chi connectivity index (χ0n) is 16.4. The number of aliphatic hydroxyl groups is 1. The number of fused-ring (bicyclic) bond motifs is 2. The first kappa shape index (κ1) is 19.9. The molecule has 2 aliphatic rings. The van der Waals surface area contributed by atoms with Crippen molar-refractivity contribution in [3.63, 3.8) is 0 Å². The minimum Gasteiger partial charge on any atom is -0.459 e. The van der Waals surface area contributed by atoms with E-state index in [4.69, 9.17) is 9.47 Å². The van der Waals surface area contributed by atoms with Gasteiger partial charge >= 0.3 is 18.1 Å². The van der Waals surface area contributed by atoms with Crippen LogP contribution in [0.25, 0.3) is 0 Å². The number of anilines is 1. The average Bonchev–Trinajstić information content (AvgIpc) is 3.06. The van der Waals surface area contributed by atoms with Gasteiger partial charge in [0.1, 0.15) is 12.1 Å². The summed E-state index contributed by atoms with van der Waals surface area (Å²) < 4.78 is 10.8. The number of hydrogen-bond acceptors (Lipinski definition) is 6. The van der Waals surface area contributed by atoms with Crippen molar-refractivity contribution in [2.75, 3.05) is 18.9 Å². The van der Waals surface area contributed by atoms with Crippen LogP contribution >= 0.6 is 0 Å². The molecule has 9 nitrogen and oxygen atoms in total. The first-order valence-electron chi connectivity index (χ1n) is 9.07. The number of nitrogens with zero attached hydrogens (tertiary/aromatic N) is 1. The number of carbonyl (C=O) groups is 3. The first-order valence-corrected chi connectivity index (χ1v) is 9.07. The Morgan fingerprint density at radius 2 is 2.11 bits per heavy atom. The molecule has 0 saturated carbocycles. The molecule has 1 spiro atoms. The molecule has 0 bridgehead atoms. The van der Waals surface area contributed by atoms with Crippen LogP contribution in [0.5, 0.6) is 0 Å². The second-order valence-corrected chi connectivity index (χ2v) is 7.92. The number of aliphatic hydroxyl groups excluding tert-OH is 1. The van der Waals surface area contributed by atoms with Gasteiger partial charge in [0.2, 0.25) is 0 Å². The average molecular weight is 391 g/mol. The minimum absolute atomic E-state index is 0.344. The summed E-state index contributed by atoms with van der Waals surface area (Å²) in [5, 5.41) is 16.0. The van der Waals surface area contributed by atoms with Crippen LogP contribution in [0, 0.1) is 0 Å². The zero-order chi connectivity index (χ0) is 20.7. The Morgan fingerprint density at radius 1 is 1.39 bits per heavy atom. The van der Waals surface area contributed by atoms with E-state index in [1.807, 2.05) is 0 Å². The Hall–Kier alpha value is -2.81. The van der Waals surface area contributed by atoms with Gasteiger partial charge in [-0.25, -0.2) is 9.59 Å². The molecular formula is C19H25N3O6. The van der Waals surface area contributed by atoms with E-state index in [1.165, 1.54) is 7.05 Å². The van der Waals surface area contributed by atoms with Crippen molar-refractivity contribution in [3.05, 3.63) is 29.3 Å². The maximum atomic E-state index is 12.4. The van der Waals surface area contributed by atoms with Crippen LogP contribution < -0.4 is 10.6 Å². The van der Waals surface area contributed by atoms with Gasteiger partial charge in [-0.2, -0.15) is 0 Å². The van der Waals surface area contributed by atoms with Gasteiger partial charge in [0.25, 0.3) is 0 Å². The molecular weight excluding hydrogens is 366 g/mol. The van der Waals surface area contributed by atoms with Crippen LogP contribution in [-0.2, 0) is 26.3 Å². The quantitative estimate of drug-likeness (QED) is 0.675. The lowest BCUT2D eigenvalue weighted by Crippen LogP contribution is -2.45. The predicted molar refractivity (Wildman–Crippen MR) is 99.6 cm³/mol. The van der Waals surface area contributed by atoms with Gasteiger partial charge in [0, 0.05) is 24.7 Å². The summed E-state index contributed by atoms with van der Waals surface area (Å²) in [4.78, 5) is 37.0. The SMILES string of the molecule is CNC(=O)Nc1ccc2c(c1)CCC21OC(=O)N(CC(=O)OC(C)(C)C)C1O. The molecule has 0 aromatic heterocycles. The number of benzene rings is 1. The van der Waals surface area contributed by atoms with Crippen LogP contribution in [0.2, 0.25) is 0 Å². The number of nitrogens with one attached hydrogen (secondary N) is 2. The van der Waals surface area contributed by atoms with Gasteiger partial charge in [-0.3, -0.25) is 9.69 Å². The monoisotopic (exact) mass is 391 g/mol. The summed E-state index contributed by atoms with van der Waals surface area (Å²) in [5.74, 6) is -0.621. The third kappa shape index (κ3) is 3.62. The number of ether oxygens (including phenoxy) is 2. The number of hydrogen-bond donors (Lipinski definition) is 3. The molecule has 1 aromatic rings. The molecule has 28 heavy (non-hydrogen) atoms. The molecule has 3 N–H and O–H groups in total. The number of rotatable bonds is 3. The van der Waals surface area contributed by atoms with Crippen molar-refractivity contribution in [2.24, 2.45) is 0 Å². The van der Waals surface area contributed by atoms with E-state index in [2.05, 4.69) is 10.6 Å². The highest BCUT2D eigenvalue weighted by molar-refractivity contribution is 5.89. The van der Waals surface area contributed by atoms with Crippen molar-refractivity contribution in [1.82, 2.24) is 10.2 Å². The third-order valence-electron chi connectivity index (χ3n) is 4.75. The summed E-state index contributed by atoms with van der Waals surface area (Å²) in [6.07, 6.45) is -1.14. The van der Waals surface area contributed by atoms with Crippen LogP contribution in [0.15, 0.2) is 18.2 Å². The molecule has 1 aliphatic heterocycles. The molecule has 1 saturated heterocycles. The Labute approximate surface area is 163 Å². The number of aryl methyl sites for hydroxylation is 1. The molecule has 3 amide bonds. The molecule has 2 unspecified atom stereocenters. The second kappa shape index (κ2) is 6.97. The largest absolute Gasteiger partial charge is 0.459 e. The maximum absolute atomic E-state index is 12.4. The van der Waals surface area contributed by atoms with E-state index in [-0.39, 0.29) is 6.03 Å². The highest BCUT2D eigenvalue weighted by atomic mass is 16.6. The van der Waals surface area contributed by atoms with Crippen LogP contribution in [0.1, 0.15) is 38.3 Å². The Morgan fingerprint density at radius 3 is 2.75 bits per heavy atom. The van der Waals surface area contributed by atoms with Crippen molar-refractivity contribution in [2.45, 2.75) is 51.0 Å². The predicted octanol–water partition coefficient (Wildman–Crippen LogP) is 1.69. The standard InChI is InChI=1S/C19H25N3O6/c1-18(2,3)27-14(23)10-22-15(24)19(28-17(22)26)8-7-11-9-12(5-6-13(11)19)21-16(25)20-4/h5-6,9,15,24H,7-8,10H2,1-4H3,(H2,20,21,25). The van der Waals surface area contributed by atoms with E-state index >= 15 is 0 Å². The fourth-order valence-electron chi connectivity index (χ4n) is 3.60. The summed E-state index contributed by atoms with van der Waals surface area (Å²) in [6, 6.07) is 4.85. The smallest absolute Gasteiger partial charge is 0.413 e. The Kier molecular flexibility index (Phi) is 4.97. The highest BCUT2D eigenvalue weighted by Crippen LogP contribution is 2.48. The molecule has 1 heterocycles. The van der Waals surface area contributed by atoms with E-state index in [1.54, 1.807) is 39.0 Å². The zero-order valence-corrected chi connectivity index (χ0v) is 16.4. The number of esters is 1. The van der Waals surface area contributed by atoms with Gasteiger partial charge in [-0.1, -0.05) is 6.07 Å². The minimum atomic E-state index is -1.31. The van der Waals surface area contributed by atoms with Gasteiger partial charge in [-0.15, -0.1) is 0 Å². The van der Waals surface area contributed by atoms with Crippen LogP contribution in [0.4, 0.5) is 15.3 Å². The molecule has 1 aliphatic carbocycles. The van der Waals surface area contributed by atoms with Crippen LogP contribution in [-0.4, -0.2) is 53.5 Å². The number of carbonyl (C=O) groups excluding carboxylic acids is 3. The van der Waals surface area contributed by atoms with Gasteiger partial charge in [-0.05, 0) is 44.9 Å². The fourth-order valence-corrected chi connectivity index (χ4v) is 3.60. The number of urea groups is 1. The van der Waals surface area contributed by atoms with Crippen molar-refractivity contribution >= 4 is 23.8 Å². The maximum Gasteiger partial charge on any atom is 0.413 e. The topological polar surface area (TPSA) is 117 Å². The molecule has 1 aromatic carbocycles. The third-order valence-corrected chi connectivity index (χ3v) is 4.75. The number of amides is 3. The van der Waals surface area contributed by atoms with E-state index < -0.39 is 36.0 Å². The molecule has 3 rings (SSSR count). The van der Waals surface area contributed by atoms with Crippen molar-refractivity contribution in [1.29, 1.82) is 0 Å². The second-order valence-electron chi connectivity index (χ2n) is 7.92. The van der Waals surface area contributed by atoms with Crippen LogP contribution in [0.3, 0.4) is 0 Å². The van der Waals surface area contributed by atoms with E-state index in [9.17, 15) is 19.5 Å². The fraction of sp³-hybridized carbons (Fsp3) is 0.526. The normalized spacial score (nSPS) is 23.4.